The first kappa shape index (κ1) is 14.7. The third-order valence-corrected chi connectivity index (χ3v) is 3.51. The average Bonchev–Trinajstić information content (AvgIpc) is 2.37. The van der Waals surface area contributed by atoms with Crippen molar-refractivity contribution in [3.8, 4) is 5.75 Å². The molecule has 2 nitrogen and oxygen atoms in total. The highest BCUT2D eigenvalue weighted by Crippen LogP contribution is 2.32. The number of hydrogen-bond donors (Lipinski definition) is 1. The van der Waals surface area contributed by atoms with Gasteiger partial charge < -0.3 is 10.5 Å². The van der Waals surface area contributed by atoms with E-state index in [0.29, 0.717) is 17.3 Å². The Morgan fingerprint density at radius 1 is 1.10 bits per heavy atom. The average molecular weight is 290 g/mol. The standard InChI is InChI=1S/C17H20ClNO/c1-17(2,3)14-6-4-5-7-16(14)20-11-12-8-9-13(19)10-15(12)18/h4-10H,11,19H2,1-3H3. The van der Waals surface area contributed by atoms with Gasteiger partial charge in [0.05, 0.1) is 0 Å². The van der Waals surface area contributed by atoms with E-state index in [1.807, 2.05) is 30.3 Å². The van der Waals surface area contributed by atoms with Gasteiger partial charge in [-0.05, 0) is 29.2 Å². The summed E-state index contributed by atoms with van der Waals surface area (Å²) in [6.07, 6.45) is 0. The minimum Gasteiger partial charge on any atom is -0.489 e. The summed E-state index contributed by atoms with van der Waals surface area (Å²) in [4.78, 5) is 0. The van der Waals surface area contributed by atoms with E-state index in [2.05, 4.69) is 26.8 Å². The van der Waals surface area contributed by atoms with Gasteiger partial charge in [0.15, 0.2) is 0 Å². The molecule has 2 N–H and O–H groups in total. The number of nitrogen functional groups attached to an aromatic ring is 1. The molecule has 0 aliphatic heterocycles. The van der Waals surface area contributed by atoms with Crippen LogP contribution in [0.2, 0.25) is 5.02 Å². The second-order valence-electron chi connectivity index (χ2n) is 5.89. The van der Waals surface area contributed by atoms with Crippen LogP contribution < -0.4 is 10.5 Å². The number of anilines is 1. The van der Waals surface area contributed by atoms with Gasteiger partial charge in [-0.3, -0.25) is 0 Å². The van der Waals surface area contributed by atoms with Gasteiger partial charge in [0, 0.05) is 16.3 Å². The molecule has 0 atom stereocenters. The molecule has 106 valence electrons. The van der Waals surface area contributed by atoms with Gasteiger partial charge in [0.1, 0.15) is 12.4 Å². The SMILES string of the molecule is CC(C)(C)c1ccccc1OCc1ccc(N)cc1Cl. The largest absolute Gasteiger partial charge is 0.489 e. The molecule has 2 rings (SSSR count). The van der Waals surface area contributed by atoms with Crippen LogP contribution in [0, 0.1) is 0 Å². The first-order valence-corrected chi connectivity index (χ1v) is 7.02. The lowest BCUT2D eigenvalue weighted by molar-refractivity contribution is 0.297. The summed E-state index contributed by atoms with van der Waals surface area (Å²) in [6, 6.07) is 13.6. The van der Waals surface area contributed by atoms with Crippen molar-refractivity contribution in [3.63, 3.8) is 0 Å². The second-order valence-corrected chi connectivity index (χ2v) is 6.29. The van der Waals surface area contributed by atoms with Crippen molar-refractivity contribution >= 4 is 17.3 Å². The van der Waals surface area contributed by atoms with Crippen molar-refractivity contribution in [1.82, 2.24) is 0 Å². The van der Waals surface area contributed by atoms with E-state index in [4.69, 9.17) is 22.1 Å². The summed E-state index contributed by atoms with van der Waals surface area (Å²) < 4.78 is 5.95. The van der Waals surface area contributed by atoms with Crippen LogP contribution in [0.3, 0.4) is 0 Å². The highest BCUT2D eigenvalue weighted by atomic mass is 35.5. The van der Waals surface area contributed by atoms with Crippen LogP contribution in [0.4, 0.5) is 5.69 Å². The molecule has 0 heterocycles. The van der Waals surface area contributed by atoms with Crippen LogP contribution in [-0.4, -0.2) is 0 Å². The lowest BCUT2D eigenvalue weighted by Crippen LogP contribution is -2.13. The number of benzene rings is 2. The molecule has 0 aliphatic rings. The normalized spacial score (nSPS) is 11.4. The van der Waals surface area contributed by atoms with Crippen molar-refractivity contribution in [3.05, 3.63) is 58.6 Å². The predicted molar refractivity (Wildman–Crippen MR) is 85.3 cm³/mol. The monoisotopic (exact) mass is 289 g/mol. The van der Waals surface area contributed by atoms with E-state index >= 15 is 0 Å². The quantitative estimate of drug-likeness (QED) is 0.824. The Bertz CT molecular complexity index is 602. The molecule has 0 radical (unpaired) electrons. The molecular formula is C17H20ClNO. The first-order chi connectivity index (χ1) is 9.38. The molecule has 0 aliphatic carbocycles. The van der Waals surface area contributed by atoms with Crippen LogP contribution in [0.25, 0.3) is 0 Å². The van der Waals surface area contributed by atoms with Crippen LogP contribution in [0.1, 0.15) is 31.9 Å². The Morgan fingerprint density at radius 2 is 1.80 bits per heavy atom. The van der Waals surface area contributed by atoms with E-state index < -0.39 is 0 Å². The Kier molecular flexibility index (Phi) is 4.24. The zero-order valence-electron chi connectivity index (χ0n) is 12.1. The zero-order valence-corrected chi connectivity index (χ0v) is 12.9. The van der Waals surface area contributed by atoms with Crippen molar-refractivity contribution in [1.29, 1.82) is 0 Å². The van der Waals surface area contributed by atoms with Crippen LogP contribution in [0.5, 0.6) is 5.75 Å². The number of hydrogen-bond acceptors (Lipinski definition) is 2. The third-order valence-electron chi connectivity index (χ3n) is 3.16. The number of rotatable bonds is 3. The summed E-state index contributed by atoms with van der Waals surface area (Å²) in [6.45, 7) is 6.95. The maximum atomic E-state index is 6.17. The Morgan fingerprint density at radius 3 is 2.45 bits per heavy atom. The molecule has 0 aromatic heterocycles. The van der Waals surface area contributed by atoms with Gasteiger partial charge in [0.2, 0.25) is 0 Å². The minimum absolute atomic E-state index is 0.0432. The van der Waals surface area contributed by atoms with Crippen molar-refractivity contribution in [2.24, 2.45) is 0 Å². The molecule has 0 unspecified atom stereocenters. The van der Waals surface area contributed by atoms with Gasteiger partial charge in [0.25, 0.3) is 0 Å². The topological polar surface area (TPSA) is 35.2 Å². The Balaban J connectivity index is 2.19. The van der Waals surface area contributed by atoms with E-state index in [0.717, 1.165) is 11.3 Å². The maximum absolute atomic E-state index is 6.17. The molecule has 0 saturated heterocycles. The Hall–Kier alpha value is -1.67. The van der Waals surface area contributed by atoms with Crippen molar-refractivity contribution in [2.45, 2.75) is 32.8 Å². The number of halogens is 1. The van der Waals surface area contributed by atoms with Gasteiger partial charge in [-0.2, -0.15) is 0 Å². The summed E-state index contributed by atoms with van der Waals surface area (Å²) in [5.41, 5.74) is 8.52. The van der Waals surface area contributed by atoms with Crippen LogP contribution >= 0.6 is 11.6 Å². The number of para-hydroxylation sites is 1. The molecule has 0 amide bonds. The van der Waals surface area contributed by atoms with E-state index in [-0.39, 0.29) is 5.41 Å². The van der Waals surface area contributed by atoms with E-state index in [1.165, 1.54) is 5.56 Å². The summed E-state index contributed by atoms with van der Waals surface area (Å²) in [5.74, 6) is 0.896. The van der Waals surface area contributed by atoms with Crippen LogP contribution in [0.15, 0.2) is 42.5 Å². The van der Waals surface area contributed by atoms with Crippen LogP contribution in [-0.2, 0) is 12.0 Å². The molecule has 0 saturated carbocycles. The smallest absolute Gasteiger partial charge is 0.123 e. The maximum Gasteiger partial charge on any atom is 0.123 e. The minimum atomic E-state index is 0.0432. The Labute approximate surface area is 125 Å². The fourth-order valence-electron chi connectivity index (χ4n) is 2.05. The van der Waals surface area contributed by atoms with Crippen molar-refractivity contribution < 1.29 is 4.74 Å². The predicted octanol–water partition coefficient (Wildman–Crippen LogP) is 4.80. The van der Waals surface area contributed by atoms with Gasteiger partial charge in [-0.1, -0.05) is 56.6 Å². The molecule has 0 fully saturated rings. The molecule has 2 aromatic rings. The highest BCUT2D eigenvalue weighted by molar-refractivity contribution is 6.31. The molecule has 20 heavy (non-hydrogen) atoms. The highest BCUT2D eigenvalue weighted by Gasteiger charge is 2.18. The molecule has 0 spiro atoms. The summed E-state index contributed by atoms with van der Waals surface area (Å²) in [7, 11) is 0. The fraction of sp³-hybridized carbons (Fsp3) is 0.294. The van der Waals surface area contributed by atoms with Crippen molar-refractivity contribution in [2.75, 3.05) is 5.73 Å². The molecular weight excluding hydrogens is 270 g/mol. The van der Waals surface area contributed by atoms with Gasteiger partial charge >= 0.3 is 0 Å². The van der Waals surface area contributed by atoms with E-state index in [1.54, 1.807) is 6.07 Å². The lowest BCUT2D eigenvalue weighted by atomic mass is 9.86. The van der Waals surface area contributed by atoms with E-state index in [9.17, 15) is 0 Å². The second kappa shape index (κ2) is 5.76. The number of nitrogens with two attached hydrogens (primary N) is 1. The molecule has 0 bridgehead atoms. The van der Waals surface area contributed by atoms with Gasteiger partial charge in [-0.15, -0.1) is 0 Å². The molecule has 3 heteroatoms. The third kappa shape index (κ3) is 3.45. The molecule has 2 aromatic carbocycles. The lowest BCUT2D eigenvalue weighted by Gasteiger charge is -2.22. The fourth-order valence-corrected chi connectivity index (χ4v) is 2.29. The first-order valence-electron chi connectivity index (χ1n) is 6.64. The van der Waals surface area contributed by atoms with Gasteiger partial charge in [-0.25, -0.2) is 0 Å². The summed E-state index contributed by atoms with van der Waals surface area (Å²) >= 11 is 6.17. The zero-order chi connectivity index (χ0) is 14.8. The number of ether oxygens (including phenoxy) is 1. The summed E-state index contributed by atoms with van der Waals surface area (Å²) in [5, 5.41) is 0.637.